The Balaban J connectivity index is 1.69. The second-order valence-electron chi connectivity index (χ2n) is 5.83. The van der Waals surface area contributed by atoms with Crippen molar-refractivity contribution in [2.45, 2.75) is 44.6 Å². The molecule has 2 amide bonds. The van der Waals surface area contributed by atoms with E-state index in [1.165, 1.54) is 30.6 Å². The Labute approximate surface area is 135 Å². The van der Waals surface area contributed by atoms with Crippen LogP contribution in [0.15, 0.2) is 16.8 Å². The third-order valence-electron chi connectivity index (χ3n) is 4.24. The van der Waals surface area contributed by atoms with Crippen LogP contribution in [0.3, 0.4) is 0 Å². The van der Waals surface area contributed by atoms with Gasteiger partial charge in [0.2, 0.25) is 5.91 Å². The van der Waals surface area contributed by atoms with E-state index in [4.69, 9.17) is 5.73 Å². The van der Waals surface area contributed by atoms with E-state index < -0.39 is 0 Å². The molecule has 1 atom stereocenters. The summed E-state index contributed by atoms with van der Waals surface area (Å²) >= 11 is 1.48. The van der Waals surface area contributed by atoms with E-state index in [9.17, 15) is 9.59 Å². The first kappa shape index (κ1) is 17.0. The van der Waals surface area contributed by atoms with E-state index in [1.807, 2.05) is 5.38 Å². The van der Waals surface area contributed by atoms with Crippen LogP contribution in [0.2, 0.25) is 0 Å². The highest BCUT2D eigenvalue weighted by molar-refractivity contribution is 7.08. The van der Waals surface area contributed by atoms with Gasteiger partial charge < -0.3 is 16.4 Å². The second kappa shape index (κ2) is 8.90. The van der Waals surface area contributed by atoms with E-state index in [1.54, 1.807) is 11.4 Å². The Kier molecular flexibility index (Phi) is 6.86. The van der Waals surface area contributed by atoms with Gasteiger partial charge in [-0.25, -0.2) is 0 Å². The van der Waals surface area contributed by atoms with Crippen LogP contribution in [0.25, 0.3) is 0 Å². The molecule has 122 valence electrons. The number of carbonyl (C=O) groups excluding carboxylic acids is 2. The Morgan fingerprint density at radius 3 is 2.73 bits per heavy atom. The summed E-state index contributed by atoms with van der Waals surface area (Å²) < 4.78 is 0. The monoisotopic (exact) mass is 323 g/mol. The van der Waals surface area contributed by atoms with Gasteiger partial charge in [-0.1, -0.05) is 19.3 Å². The molecule has 4 N–H and O–H groups in total. The van der Waals surface area contributed by atoms with Gasteiger partial charge in [-0.05, 0) is 30.2 Å². The zero-order chi connectivity index (χ0) is 15.8. The Bertz CT molecular complexity index is 470. The lowest BCUT2D eigenvalue weighted by molar-refractivity contribution is -0.122. The van der Waals surface area contributed by atoms with Gasteiger partial charge in [0.05, 0.1) is 0 Å². The molecule has 1 aromatic rings. The van der Waals surface area contributed by atoms with E-state index in [0.29, 0.717) is 31.0 Å². The maximum Gasteiger partial charge on any atom is 0.252 e. The Morgan fingerprint density at radius 1 is 1.32 bits per heavy atom. The number of thiophene rings is 1. The number of rotatable bonds is 7. The topological polar surface area (TPSA) is 84.2 Å². The molecular formula is C16H25N3O2S. The van der Waals surface area contributed by atoms with Crippen LogP contribution in [0, 0.1) is 5.92 Å². The molecule has 1 fully saturated rings. The molecule has 1 heterocycles. The summed E-state index contributed by atoms with van der Waals surface area (Å²) in [4.78, 5) is 23.8. The zero-order valence-electron chi connectivity index (χ0n) is 12.8. The van der Waals surface area contributed by atoms with Gasteiger partial charge in [-0.3, -0.25) is 9.59 Å². The number of nitrogens with one attached hydrogen (secondary N) is 2. The highest BCUT2D eigenvalue weighted by Crippen LogP contribution is 2.26. The van der Waals surface area contributed by atoms with Crippen LogP contribution in [-0.4, -0.2) is 30.9 Å². The molecule has 2 rings (SSSR count). The number of carbonyl (C=O) groups is 2. The predicted octanol–water partition coefficient (Wildman–Crippen LogP) is 1.89. The normalized spacial score (nSPS) is 17.0. The van der Waals surface area contributed by atoms with Crippen LogP contribution in [0.1, 0.15) is 48.9 Å². The molecule has 6 heteroatoms. The first-order chi connectivity index (χ1) is 10.7. The predicted molar refractivity (Wildman–Crippen MR) is 88.8 cm³/mol. The number of hydrogen-bond donors (Lipinski definition) is 3. The summed E-state index contributed by atoms with van der Waals surface area (Å²) in [6.07, 6.45) is 6.34. The molecule has 22 heavy (non-hydrogen) atoms. The SMILES string of the molecule is NCC(NC(=O)CCNC(=O)c1ccsc1)C1CCCCC1. The van der Waals surface area contributed by atoms with E-state index >= 15 is 0 Å². The number of amides is 2. The van der Waals surface area contributed by atoms with E-state index in [2.05, 4.69) is 10.6 Å². The van der Waals surface area contributed by atoms with Crippen molar-refractivity contribution in [1.82, 2.24) is 10.6 Å². The van der Waals surface area contributed by atoms with Crippen LogP contribution in [-0.2, 0) is 4.79 Å². The lowest BCUT2D eigenvalue weighted by Crippen LogP contribution is -2.46. The molecule has 0 spiro atoms. The molecule has 1 aromatic heterocycles. The molecular weight excluding hydrogens is 298 g/mol. The third-order valence-corrected chi connectivity index (χ3v) is 4.92. The van der Waals surface area contributed by atoms with Gasteiger partial charge in [0.25, 0.3) is 5.91 Å². The minimum atomic E-state index is -0.128. The van der Waals surface area contributed by atoms with Crippen LogP contribution >= 0.6 is 11.3 Å². The zero-order valence-corrected chi connectivity index (χ0v) is 13.7. The fourth-order valence-corrected chi connectivity index (χ4v) is 3.61. The minimum absolute atomic E-state index is 0.0355. The lowest BCUT2D eigenvalue weighted by atomic mass is 9.84. The average molecular weight is 323 g/mol. The van der Waals surface area contributed by atoms with Crippen LogP contribution < -0.4 is 16.4 Å². The van der Waals surface area contributed by atoms with E-state index in [0.717, 1.165) is 12.8 Å². The standard InChI is InChI=1S/C16H25N3O2S/c17-10-14(12-4-2-1-3-5-12)19-15(20)6-8-18-16(21)13-7-9-22-11-13/h7,9,11-12,14H,1-6,8,10,17H2,(H,18,21)(H,19,20). The van der Waals surface area contributed by atoms with Gasteiger partial charge in [0.1, 0.15) is 0 Å². The van der Waals surface area contributed by atoms with E-state index in [-0.39, 0.29) is 17.9 Å². The molecule has 0 aromatic carbocycles. The maximum atomic E-state index is 12.0. The number of nitrogens with two attached hydrogens (primary N) is 1. The van der Waals surface area contributed by atoms with Gasteiger partial charge in [0, 0.05) is 36.5 Å². The van der Waals surface area contributed by atoms with Crippen molar-refractivity contribution in [3.8, 4) is 0 Å². The summed E-state index contributed by atoms with van der Waals surface area (Å²) in [6.45, 7) is 0.833. The molecule has 0 radical (unpaired) electrons. The van der Waals surface area contributed by atoms with Gasteiger partial charge in [-0.2, -0.15) is 11.3 Å². The van der Waals surface area contributed by atoms with Crippen molar-refractivity contribution in [2.24, 2.45) is 11.7 Å². The average Bonchev–Trinajstić information content (AvgIpc) is 3.08. The second-order valence-corrected chi connectivity index (χ2v) is 6.61. The van der Waals surface area contributed by atoms with Crippen LogP contribution in [0.5, 0.6) is 0 Å². The molecule has 5 nitrogen and oxygen atoms in total. The summed E-state index contributed by atoms with van der Waals surface area (Å²) in [5.41, 5.74) is 6.46. The maximum absolute atomic E-state index is 12.0. The summed E-state index contributed by atoms with van der Waals surface area (Å²) in [6, 6.07) is 1.84. The Morgan fingerprint density at radius 2 is 2.09 bits per heavy atom. The molecule has 1 saturated carbocycles. The van der Waals surface area contributed by atoms with Crippen molar-refractivity contribution in [2.75, 3.05) is 13.1 Å². The van der Waals surface area contributed by atoms with Crippen molar-refractivity contribution in [3.63, 3.8) is 0 Å². The highest BCUT2D eigenvalue weighted by Gasteiger charge is 2.23. The quantitative estimate of drug-likeness (QED) is 0.716. The first-order valence-corrected chi connectivity index (χ1v) is 8.95. The third kappa shape index (κ3) is 5.10. The summed E-state index contributed by atoms with van der Waals surface area (Å²) in [5.74, 6) is 0.339. The van der Waals surface area contributed by atoms with Crippen molar-refractivity contribution < 1.29 is 9.59 Å². The fraction of sp³-hybridized carbons (Fsp3) is 0.625. The van der Waals surface area contributed by atoms with Gasteiger partial charge in [0.15, 0.2) is 0 Å². The first-order valence-electron chi connectivity index (χ1n) is 8.00. The van der Waals surface area contributed by atoms with Gasteiger partial charge in [-0.15, -0.1) is 0 Å². The summed E-state index contributed by atoms with van der Waals surface area (Å²) in [7, 11) is 0. The largest absolute Gasteiger partial charge is 0.352 e. The Hall–Kier alpha value is -1.40. The highest BCUT2D eigenvalue weighted by atomic mass is 32.1. The molecule has 0 bridgehead atoms. The molecule has 1 unspecified atom stereocenters. The van der Waals surface area contributed by atoms with Crippen molar-refractivity contribution in [1.29, 1.82) is 0 Å². The molecule has 0 saturated heterocycles. The summed E-state index contributed by atoms with van der Waals surface area (Å²) in [5, 5.41) is 9.45. The molecule has 1 aliphatic rings. The van der Waals surface area contributed by atoms with Crippen molar-refractivity contribution >= 4 is 23.2 Å². The van der Waals surface area contributed by atoms with Crippen molar-refractivity contribution in [3.05, 3.63) is 22.4 Å². The smallest absolute Gasteiger partial charge is 0.252 e. The fourth-order valence-electron chi connectivity index (χ4n) is 2.97. The van der Waals surface area contributed by atoms with Crippen LogP contribution in [0.4, 0.5) is 0 Å². The molecule has 0 aliphatic heterocycles. The van der Waals surface area contributed by atoms with Gasteiger partial charge >= 0.3 is 0 Å². The lowest BCUT2D eigenvalue weighted by Gasteiger charge is -2.30. The molecule has 1 aliphatic carbocycles. The number of hydrogen-bond acceptors (Lipinski definition) is 4. The minimum Gasteiger partial charge on any atom is -0.352 e.